The summed E-state index contributed by atoms with van der Waals surface area (Å²) in [5, 5.41) is 11.5. The van der Waals surface area contributed by atoms with Crippen molar-refractivity contribution in [2.24, 2.45) is 11.3 Å². The highest BCUT2D eigenvalue weighted by Crippen LogP contribution is 2.48. The first-order valence-electron chi connectivity index (χ1n) is 24.3. The first-order chi connectivity index (χ1) is 34.8. The number of amides is 7. The molecule has 370 valence electrons. The number of rotatable bonds is 14. The highest BCUT2D eigenvalue weighted by Gasteiger charge is 2.56. The molecule has 1 aliphatic carbocycles. The minimum Gasteiger partial charge on any atom is -0.495 e. The van der Waals surface area contributed by atoms with Gasteiger partial charge < -0.3 is 30.3 Å². The molecule has 3 atom stereocenters. The molecule has 4 aromatic carbocycles. The van der Waals surface area contributed by atoms with Crippen LogP contribution < -0.4 is 35.6 Å². The van der Waals surface area contributed by atoms with Gasteiger partial charge in [-0.2, -0.15) is 0 Å². The van der Waals surface area contributed by atoms with Gasteiger partial charge in [-0.15, -0.1) is 0 Å². The van der Waals surface area contributed by atoms with Crippen LogP contribution in [0.4, 0.5) is 27.1 Å². The summed E-state index contributed by atoms with van der Waals surface area (Å²) >= 11 is 0. The third kappa shape index (κ3) is 8.98. The number of aromatic nitrogens is 1. The third-order valence-corrected chi connectivity index (χ3v) is 15.0. The minimum absolute atomic E-state index is 0.0346. The summed E-state index contributed by atoms with van der Waals surface area (Å²) in [6.45, 7) is 4.59. The van der Waals surface area contributed by atoms with E-state index in [0.29, 0.717) is 59.1 Å². The maximum Gasteiger partial charge on any atom is 0.262 e. The summed E-state index contributed by atoms with van der Waals surface area (Å²) < 4.78 is 25.6. The van der Waals surface area contributed by atoms with Crippen molar-refractivity contribution in [3.63, 3.8) is 0 Å². The summed E-state index contributed by atoms with van der Waals surface area (Å²) in [4.78, 5) is 103. The Morgan fingerprint density at radius 1 is 0.764 bits per heavy atom. The maximum atomic E-state index is 13.3. The van der Waals surface area contributed by atoms with Crippen molar-refractivity contribution in [2.75, 3.05) is 67.2 Å². The fourth-order valence-electron chi connectivity index (χ4n) is 11.0. The molecule has 4 saturated heterocycles. The Labute approximate surface area is 413 Å². The van der Waals surface area contributed by atoms with Crippen molar-refractivity contribution < 1.29 is 47.4 Å². The molecule has 19 heteroatoms. The van der Waals surface area contributed by atoms with E-state index < -0.39 is 52.7 Å². The van der Waals surface area contributed by atoms with Crippen LogP contribution >= 0.6 is 0 Å². The second kappa shape index (κ2) is 18.8. The highest BCUT2D eigenvalue weighted by atomic mass is 19.1. The van der Waals surface area contributed by atoms with Crippen LogP contribution in [-0.4, -0.2) is 126 Å². The molecular formula is C53H52FN9O9. The standard InChI is InChI=1S/C53H52FN9O9/c1-71-45-24-40-41(55-19-14-44(40)72-37-9-6-33(7-10-37)58-52(70)53(17-18-53)51(69)57-32-4-2-31(54)3-5-32)25-43(45)60-20-15-30(16-21-60)26-61-27-36-23-35(61)28-62(36)29-47(65)56-34-8-11-38-39(22-34)50(68)63(49(38)67)42-12-13-46(64)59-48(42)66/h2-11,14,19,22,24-25,30,35-36,42H,12-13,15-18,20-21,23,26-29H2,1H3,(H,56,65)(H,57,69)(H,58,70)(H,59,64,66)/t35-,36-,42?/m0/s1. The predicted octanol–water partition coefficient (Wildman–Crippen LogP) is 5.55. The lowest BCUT2D eigenvalue weighted by atomic mass is 9.95. The number of methoxy groups -OCH3 is 1. The number of nitrogens with zero attached hydrogens (tertiary/aromatic N) is 5. The number of fused-ring (bicyclic) bond motifs is 4. The van der Waals surface area contributed by atoms with Crippen molar-refractivity contribution in [1.82, 2.24) is 25.0 Å². The molecule has 1 unspecified atom stereocenters. The number of anilines is 4. The van der Waals surface area contributed by atoms with E-state index in [9.17, 15) is 38.0 Å². The highest BCUT2D eigenvalue weighted by molar-refractivity contribution is 6.24. The SMILES string of the molecule is COc1cc2c(Oc3ccc(NC(=O)C4(C(=O)Nc5ccc(F)cc5)CC4)cc3)ccnc2cc1N1CCC(CN2C[C@@H]3C[C@H]2CN3CC(=O)Nc2ccc3c(c2)C(=O)N(C2CCC(=O)NC2=O)C3=O)CC1. The maximum absolute atomic E-state index is 13.3. The largest absolute Gasteiger partial charge is 0.495 e. The topological polar surface area (TPSA) is 212 Å². The molecule has 7 amide bonds. The molecule has 72 heavy (non-hydrogen) atoms. The van der Waals surface area contributed by atoms with E-state index in [1.165, 1.54) is 36.4 Å². The number of hydrogen-bond donors (Lipinski definition) is 4. The van der Waals surface area contributed by atoms with Gasteiger partial charge in [0, 0.05) is 79.9 Å². The van der Waals surface area contributed by atoms with Crippen molar-refractivity contribution >= 4 is 75.0 Å². The van der Waals surface area contributed by atoms with Crippen LogP contribution in [0.15, 0.2) is 91.1 Å². The van der Waals surface area contributed by atoms with Crippen LogP contribution in [0.3, 0.4) is 0 Å². The number of halogens is 1. The zero-order valence-corrected chi connectivity index (χ0v) is 39.5. The van der Waals surface area contributed by atoms with Crippen molar-refractivity contribution in [3.05, 3.63) is 108 Å². The van der Waals surface area contributed by atoms with E-state index in [2.05, 4.69) is 41.0 Å². The molecule has 2 bridgehead atoms. The molecule has 11 rings (SSSR count). The number of benzene rings is 4. The molecule has 5 aliphatic heterocycles. The van der Waals surface area contributed by atoms with Gasteiger partial charge in [-0.1, -0.05) is 0 Å². The third-order valence-electron chi connectivity index (χ3n) is 15.0. The normalized spacial score (nSPS) is 21.7. The van der Waals surface area contributed by atoms with Gasteiger partial charge in [0.15, 0.2) is 0 Å². The summed E-state index contributed by atoms with van der Waals surface area (Å²) in [6.07, 6.45) is 5.66. The number of imide groups is 2. The molecule has 4 N–H and O–H groups in total. The van der Waals surface area contributed by atoms with Gasteiger partial charge in [-0.05, 0) is 129 Å². The minimum atomic E-state index is -1.18. The van der Waals surface area contributed by atoms with E-state index in [0.717, 1.165) is 73.5 Å². The lowest BCUT2D eigenvalue weighted by Gasteiger charge is -2.39. The molecule has 1 saturated carbocycles. The zero-order valence-electron chi connectivity index (χ0n) is 39.5. The molecule has 6 aliphatic rings. The second-order valence-corrected chi connectivity index (χ2v) is 19.6. The number of likely N-dealkylation sites (tertiary alicyclic amines) is 2. The number of piperidine rings is 2. The smallest absolute Gasteiger partial charge is 0.262 e. The van der Waals surface area contributed by atoms with Gasteiger partial charge in [0.05, 0.1) is 36.0 Å². The molecule has 0 radical (unpaired) electrons. The molecule has 6 heterocycles. The van der Waals surface area contributed by atoms with Gasteiger partial charge in [0.2, 0.25) is 29.5 Å². The monoisotopic (exact) mass is 977 g/mol. The summed E-state index contributed by atoms with van der Waals surface area (Å²) in [5.74, 6) is -1.42. The average Bonchev–Trinajstić information content (AvgIpc) is 3.90. The van der Waals surface area contributed by atoms with Gasteiger partial charge in [-0.25, -0.2) is 4.39 Å². The fourth-order valence-corrected chi connectivity index (χ4v) is 11.0. The van der Waals surface area contributed by atoms with Crippen molar-refractivity contribution in [3.8, 4) is 17.2 Å². The molecule has 5 fully saturated rings. The second-order valence-electron chi connectivity index (χ2n) is 19.6. The van der Waals surface area contributed by atoms with Gasteiger partial charge >= 0.3 is 0 Å². The summed E-state index contributed by atoms with van der Waals surface area (Å²) in [6, 6.07) is 22.3. The Bertz CT molecular complexity index is 3050. The van der Waals surface area contributed by atoms with Crippen LogP contribution in [0.5, 0.6) is 17.2 Å². The molecule has 1 aromatic heterocycles. The summed E-state index contributed by atoms with van der Waals surface area (Å²) in [5.41, 5.74) is 2.14. The average molecular weight is 978 g/mol. The zero-order chi connectivity index (χ0) is 49.8. The molecule has 0 spiro atoms. The number of carbonyl (C=O) groups excluding carboxylic acids is 7. The van der Waals surface area contributed by atoms with E-state index in [-0.39, 0.29) is 42.5 Å². The lowest BCUT2D eigenvalue weighted by Crippen LogP contribution is -2.54. The first-order valence-corrected chi connectivity index (χ1v) is 24.3. The Morgan fingerprint density at radius 2 is 1.43 bits per heavy atom. The van der Waals surface area contributed by atoms with Crippen LogP contribution in [0.25, 0.3) is 10.9 Å². The van der Waals surface area contributed by atoms with Crippen LogP contribution in [0.2, 0.25) is 0 Å². The Morgan fingerprint density at radius 3 is 2.10 bits per heavy atom. The van der Waals surface area contributed by atoms with E-state index in [4.69, 9.17) is 9.47 Å². The van der Waals surface area contributed by atoms with Crippen molar-refractivity contribution in [2.45, 2.75) is 63.1 Å². The Balaban J connectivity index is 0.650. The van der Waals surface area contributed by atoms with Gasteiger partial charge in [0.25, 0.3) is 11.8 Å². The quantitative estimate of drug-likeness (QED) is 0.0796. The lowest BCUT2D eigenvalue weighted by molar-refractivity contribution is -0.136. The van der Waals surface area contributed by atoms with Crippen molar-refractivity contribution in [1.29, 1.82) is 0 Å². The number of ether oxygens (including phenoxy) is 2. The number of nitrogens with one attached hydrogen (secondary N) is 4. The van der Waals surface area contributed by atoms with Crippen LogP contribution in [0.1, 0.15) is 65.7 Å². The predicted molar refractivity (Wildman–Crippen MR) is 262 cm³/mol. The van der Waals surface area contributed by atoms with Gasteiger partial charge in [0.1, 0.15) is 34.5 Å². The van der Waals surface area contributed by atoms with E-state index in [1.54, 1.807) is 49.7 Å². The van der Waals surface area contributed by atoms with E-state index in [1.807, 2.05) is 12.1 Å². The molecular weight excluding hydrogens is 926 g/mol. The van der Waals surface area contributed by atoms with Gasteiger partial charge in [-0.3, -0.25) is 58.6 Å². The number of hydrogen-bond acceptors (Lipinski definition) is 13. The number of carbonyl (C=O) groups is 7. The van der Waals surface area contributed by atoms with E-state index >= 15 is 0 Å². The Hall–Kier alpha value is -7.77. The Kier molecular flexibility index (Phi) is 12.1. The fraction of sp³-hybridized carbons (Fsp3) is 0.358. The van der Waals surface area contributed by atoms with Crippen LogP contribution in [0, 0.1) is 17.2 Å². The molecule has 5 aromatic rings. The first kappa shape index (κ1) is 46.6. The number of pyridine rings is 1. The van der Waals surface area contributed by atoms with Crippen LogP contribution in [-0.2, 0) is 24.0 Å². The molecule has 18 nitrogen and oxygen atoms in total. The summed E-state index contributed by atoms with van der Waals surface area (Å²) in [7, 11) is 1.66. The number of piperazine rings is 1.